The standard InChI is InChI=1S/C16H21NO3S/c1-16(2,3)12-8-17(13-7-5-4-6-11(12)13)14(18)9-21-10-15(19)20/h4-7,12H,8-10H2,1-3H3,(H,19,20). The molecule has 21 heavy (non-hydrogen) atoms. The molecule has 5 heteroatoms. The molecule has 0 saturated heterocycles. The molecule has 1 N–H and O–H groups in total. The summed E-state index contributed by atoms with van der Waals surface area (Å²) in [6.45, 7) is 7.22. The van der Waals surface area contributed by atoms with Gasteiger partial charge in [0.2, 0.25) is 5.91 Å². The van der Waals surface area contributed by atoms with Crippen LogP contribution in [0.25, 0.3) is 0 Å². The highest BCUT2D eigenvalue weighted by Crippen LogP contribution is 2.45. The fraction of sp³-hybridized carbons (Fsp3) is 0.500. The van der Waals surface area contributed by atoms with Gasteiger partial charge in [-0.05, 0) is 17.0 Å². The number of carboxylic acid groups (broad SMARTS) is 1. The van der Waals surface area contributed by atoms with Gasteiger partial charge in [0.15, 0.2) is 0 Å². The van der Waals surface area contributed by atoms with Gasteiger partial charge in [0.1, 0.15) is 0 Å². The van der Waals surface area contributed by atoms with Gasteiger partial charge in [0.05, 0.1) is 11.5 Å². The van der Waals surface area contributed by atoms with Crippen LogP contribution in [0.15, 0.2) is 24.3 Å². The molecule has 0 saturated carbocycles. The first-order valence-corrected chi connectivity index (χ1v) is 8.15. The molecule has 1 unspecified atom stereocenters. The fourth-order valence-corrected chi connectivity index (χ4v) is 3.29. The Kier molecular flexibility index (Phi) is 4.61. The average molecular weight is 307 g/mol. The van der Waals surface area contributed by atoms with Crippen molar-refractivity contribution in [1.29, 1.82) is 0 Å². The Hall–Kier alpha value is -1.49. The molecule has 0 spiro atoms. The Morgan fingerprint density at radius 3 is 2.57 bits per heavy atom. The molecule has 1 heterocycles. The van der Waals surface area contributed by atoms with Crippen molar-refractivity contribution in [3.8, 4) is 0 Å². The third-order valence-electron chi connectivity index (χ3n) is 3.77. The number of anilines is 1. The minimum Gasteiger partial charge on any atom is -0.481 e. The van der Waals surface area contributed by atoms with Crippen molar-refractivity contribution >= 4 is 29.3 Å². The van der Waals surface area contributed by atoms with E-state index in [9.17, 15) is 9.59 Å². The van der Waals surface area contributed by atoms with Crippen LogP contribution >= 0.6 is 11.8 Å². The van der Waals surface area contributed by atoms with E-state index in [2.05, 4.69) is 26.8 Å². The van der Waals surface area contributed by atoms with E-state index in [1.165, 1.54) is 5.56 Å². The van der Waals surface area contributed by atoms with Gasteiger partial charge in [-0.15, -0.1) is 11.8 Å². The highest BCUT2D eigenvalue weighted by atomic mass is 32.2. The SMILES string of the molecule is CC(C)(C)C1CN(C(=O)CSCC(=O)O)c2ccccc21. The number of carbonyl (C=O) groups excluding carboxylic acids is 1. The molecule has 0 aromatic heterocycles. The number of amides is 1. The Balaban J connectivity index is 2.15. The molecule has 0 fully saturated rings. The number of para-hydroxylation sites is 1. The minimum absolute atomic E-state index is 0.0135. The number of benzene rings is 1. The topological polar surface area (TPSA) is 57.6 Å². The number of fused-ring (bicyclic) bond motifs is 1. The number of hydrogen-bond acceptors (Lipinski definition) is 3. The van der Waals surface area contributed by atoms with E-state index in [1.54, 1.807) is 4.90 Å². The zero-order chi connectivity index (χ0) is 15.6. The van der Waals surface area contributed by atoms with Crippen molar-refractivity contribution in [3.05, 3.63) is 29.8 Å². The smallest absolute Gasteiger partial charge is 0.313 e. The summed E-state index contributed by atoms with van der Waals surface area (Å²) in [6.07, 6.45) is 0. The molecule has 1 atom stereocenters. The minimum atomic E-state index is -0.887. The lowest BCUT2D eigenvalue weighted by Crippen LogP contribution is -2.33. The molecule has 2 rings (SSSR count). The van der Waals surface area contributed by atoms with Gasteiger partial charge in [-0.3, -0.25) is 9.59 Å². The highest BCUT2D eigenvalue weighted by Gasteiger charge is 2.38. The molecule has 1 aliphatic heterocycles. The van der Waals surface area contributed by atoms with Crippen molar-refractivity contribution in [2.75, 3.05) is 23.0 Å². The fourth-order valence-electron chi connectivity index (χ4n) is 2.69. The van der Waals surface area contributed by atoms with Crippen LogP contribution in [-0.4, -0.2) is 35.0 Å². The van der Waals surface area contributed by atoms with E-state index in [0.29, 0.717) is 12.5 Å². The molecule has 1 aromatic rings. The summed E-state index contributed by atoms with van der Waals surface area (Å²) in [5.41, 5.74) is 2.26. The number of carbonyl (C=O) groups is 2. The maximum atomic E-state index is 12.4. The quantitative estimate of drug-likeness (QED) is 0.929. The second-order valence-corrected chi connectivity index (χ2v) is 7.35. The van der Waals surface area contributed by atoms with Crippen LogP contribution < -0.4 is 4.90 Å². The van der Waals surface area contributed by atoms with Crippen molar-refractivity contribution in [3.63, 3.8) is 0 Å². The maximum absolute atomic E-state index is 12.4. The molecule has 1 aliphatic rings. The molecule has 4 nitrogen and oxygen atoms in total. The summed E-state index contributed by atoms with van der Waals surface area (Å²) in [4.78, 5) is 24.7. The highest BCUT2D eigenvalue weighted by molar-refractivity contribution is 8.00. The summed E-state index contributed by atoms with van der Waals surface area (Å²) in [5.74, 6) is -0.425. The lowest BCUT2D eigenvalue weighted by atomic mass is 9.78. The number of rotatable bonds is 4. The van der Waals surface area contributed by atoms with Crippen LogP contribution in [0.5, 0.6) is 0 Å². The van der Waals surface area contributed by atoms with E-state index >= 15 is 0 Å². The zero-order valence-corrected chi connectivity index (χ0v) is 13.4. The van der Waals surface area contributed by atoms with Gasteiger partial charge in [-0.25, -0.2) is 0 Å². The van der Waals surface area contributed by atoms with Crippen LogP contribution in [0.3, 0.4) is 0 Å². The lowest BCUT2D eigenvalue weighted by Gasteiger charge is -2.27. The van der Waals surface area contributed by atoms with E-state index in [4.69, 9.17) is 5.11 Å². The Morgan fingerprint density at radius 2 is 1.95 bits per heavy atom. The first kappa shape index (κ1) is 15.9. The third kappa shape index (κ3) is 3.59. The second-order valence-electron chi connectivity index (χ2n) is 6.37. The summed E-state index contributed by atoms with van der Waals surface area (Å²) in [7, 11) is 0. The van der Waals surface area contributed by atoms with Gasteiger partial charge in [-0.1, -0.05) is 39.0 Å². The number of nitrogens with zero attached hydrogens (tertiary/aromatic N) is 1. The normalized spacial score (nSPS) is 17.7. The van der Waals surface area contributed by atoms with E-state index in [0.717, 1.165) is 17.4 Å². The average Bonchev–Trinajstić information content (AvgIpc) is 2.77. The van der Waals surface area contributed by atoms with Gasteiger partial charge >= 0.3 is 5.97 Å². The largest absolute Gasteiger partial charge is 0.481 e. The number of aliphatic carboxylic acids is 1. The van der Waals surface area contributed by atoms with Crippen molar-refractivity contribution in [2.45, 2.75) is 26.7 Å². The van der Waals surface area contributed by atoms with Crippen LogP contribution in [0.4, 0.5) is 5.69 Å². The van der Waals surface area contributed by atoms with Gasteiger partial charge in [-0.2, -0.15) is 0 Å². The third-order valence-corrected chi connectivity index (χ3v) is 4.67. The van der Waals surface area contributed by atoms with Crippen LogP contribution in [-0.2, 0) is 9.59 Å². The predicted molar refractivity (Wildman–Crippen MR) is 86.0 cm³/mol. The van der Waals surface area contributed by atoms with Crippen molar-refractivity contribution < 1.29 is 14.7 Å². The summed E-state index contributed by atoms with van der Waals surface area (Å²) in [6, 6.07) is 8.00. The second kappa shape index (κ2) is 6.10. The van der Waals surface area contributed by atoms with Gasteiger partial charge in [0.25, 0.3) is 0 Å². The van der Waals surface area contributed by atoms with E-state index in [1.807, 2.05) is 18.2 Å². The number of carboxylic acids is 1. The molecule has 114 valence electrons. The Bertz CT molecular complexity index is 551. The van der Waals surface area contributed by atoms with Crippen LogP contribution in [0.2, 0.25) is 0 Å². The molecule has 1 amide bonds. The first-order valence-electron chi connectivity index (χ1n) is 6.99. The Morgan fingerprint density at radius 1 is 1.29 bits per heavy atom. The zero-order valence-electron chi connectivity index (χ0n) is 12.6. The van der Waals surface area contributed by atoms with Crippen molar-refractivity contribution in [1.82, 2.24) is 0 Å². The van der Waals surface area contributed by atoms with Gasteiger partial charge in [0, 0.05) is 18.2 Å². The molecular weight excluding hydrogens is 286 g/mol. The van der Waals surface area contributed by atoms with E-state index in [-0.39, 0.29) is 22.8 Å². The van der Waals surface area contributed by atoms with Gasteiger partial charge < -0.3 is 10.0 Å². The summed E-state index contributed by atoms with van der Waals surface area (Å²) >= 11 is 1.15. The molecule has 1 aromatic carbocycles. The van der Waals surface area contributed by atoms with E-state index < -0.39 is 5.97 Å². The molecule has 0 bridgehead atoms. The monoisotopic (exact) mass is 307 g/mol. The lowest BCUT2D eigenvalue weighted by molar-refractivity contribution is -0.133. The van der Waals surface area contributed by atoms with Crippen molar-refractivity contribution in [2.24, 2.45) is 5.41 Å². The summed E-state index contributed by atoms with van der Waals surface area (Å²) < 4.78 is 0. The predicted octanol–water partition coefficient (Wildman–Crippen LogP) is 2.98. The number of hydrogen-bond donors (Lipinski definition) is 1. The Labute approximate surface area is 129 Å². The molecule has 0 radical (unpaired) electrons. The molecule has 0 aliphatic carbocycles. The van der Waals surface area contributed by atoms with Crippen LogP contribution in [0, 0.1) is 5.41 Å². The summed E-state index contributed by atoms with van der Waals surface area (Å²) in [5, 5.41) is 8.65. The molecular formula is C16H21NO3S. The maximum Gasteiger partial charge on any atom is 0.313 e. The number of thioether (sulfide) groups is 1. The van der Waals surface area contributed by atoms with Crippen LogP contribution in [0.1, 0.15) is 32.3 Å². The first-order chi connectivity index (χ1) is 9.80.